The van der Waals surface area contributed by atoms with Gasteiger partial charge >= 0.3 is 0 Å². The summed E-state index contributed by atoms with van der Waals surface area (Å²) in [5, 5.41) is 4.41. The van der Waals surface area contributed by atoms with E-state index >= 15 is 0 Å². The molecule has 2 rings (SSSR count). The molecule has 0 aliphatic heterocycles. The topological polar surface area (TPSA) is 48.0 Å². The number of carbonyl (C=O) groups excluding carboxylic acids is 1. The lowest BCUT2D eigenvalue weighted by Gasteiger charge is -2.07. The third kappa shape index (κ3) is 2.70. The average molecular weight is 246 g/mol. The minimum Gasteiger partial charge on any atom is -0.458 e. The summed E-state index contributed by atoms with van der Waals surface area (Å²) in [6.45, 7) is 6.05. The Morgan fingerprint density at radius 3 is 2.83 bits per heavy atom. The predicted octanol–water partition coefficient (Wildman–Crippen LogP) is 3.18. The van der Waals surface area contributed by atoms with Crippen LogP contribution in [0.5, 0.6) is 0 Å². The summed E-state index contributed by atoms with van der Waals surface area (Å²) in [7, 11) is 0. The fourth-order valence-corrected chi connectivity index (χ4v) is 1.74. The van der Waals surface area contributed by atoms with Crippen molar-refractivity contribution in [3.05, 3.63) is 41.6 Å². The lowest BCUT2D eigenvalue weighted by atomic mass is 10.2. The SMILES string of the molecule is CCC(C)n1ccc(CC(=O)c2ccc(C)o2)n1. The fraction of sp³-hybridized carbons (Fsp3) is 0.429. The quantitative estimate of drug-likeness (QED) is 0.761. The molecule has 0 fully saturated rings. The van der Waals surface area contributed by atoms with Gasteiger partial charge in [0.05, 0.1) is 12.1 Å². The molecule has 0 aliphatic carbocycles. The third-order valence-electron chi connectivity index (χ3n) is 3.06. The van der Waals surface area contributed by atoms with Gasteiger partial charge in [-0.25, -0.2) is 0 Å². The van der Waals surface area contributed by atoms with E-state index in [9.17, 15) is 4.79 Å². The molecule has 1 unspecified atom stereocenters. The summed E-state index contributed by atoms with van der Waals surface area (Å²) in [6.07, 6.45) is 3.23. The number of nitrogens with zero attached hydrogens (tertiary/aromatic N) is 2. The van der Waals surface area contributed by atoms with Gasteiger partial charge in [0.25, 0.3) is 0 Å². The van der Waals surface area contributed by atoms with Gasteiger partial charge in [-0.1, -0.05) is 6.92 Å². The van der Waals surface area contributed by atoms with Gasteiger partial charge in [-0.3, -0.25) is 9.48 Å². The van der Waals surface area contributed by atoms with Crippen LogP contribution in [0.2, 0.25) is 0 Å². The number of aromatic nitrogens is 2. The first-order chi connectivity index (χ1) is 8.60. The number of carbonyl (C=O) groups is 1. The Morgan fingerprint density at radius 2 is 2.22 bits per heavy atom. The molecular weight excluding hydrogens is 228 g/mol. The van der Waals surface area contributed by atoms with Crippen LogP contribution in [-0.2, 0) is 6.42 Å². The normalized spacial score (nSPS) is 12.6. The number of rotatable bonds is 5. The van der Waals surface area contributed by atoms with Crippen LogP contribution in [0, 0.1) is 6.92 Å². The Morgan fingerprint density at radius 1 is 1.44 bits per heavy atom. The van der Waals surface area contributed by atoms with Crippen LogP contribution in [0.15, 0.2) is 28.8 Å². The standard InChI is InChI=1S/C14H18N2O2/c1-4-10(2)16-8-7-12(15-16)9-13(17)14-6-5-11(3)18-14/h5-8,10H,4,9H2,1-3H3. The second-order valence-electron chi connectivity index (χ2n) is 4.55. The van der Waals surface area contributed by atoms with E-state index in [2.05, 4.69) is 18.9 Å². The molecule has 0 radical (unpaired) electrons. The smallest absolute Gasteiger partial charge is 0.203 e. The number of hydrogen-bond donors (Lipinski definition) is 0. The van der Waals surface area contributed by atoms with Crippen molar-refractivity contribution >= 4 is 5.78 Å². The van der Waals surface area contributed by atoms with Crippen LogP contribution in [0.3, 0.4) is 0 Å². The van der Waals surface area contributed by atoms with Gasteiger partial charge in [-0.2, -0.15) is 5.10 Å². The van der Waals surface area contributed by atoms with Crippen molar-refractivity contribution in [3.63, 3.8) is 0 Å². The Kier molecular flexibility index (Phi) is 3.65. The van der Waals surface area contributed by atoms with Gasteiger partial charge in [-0.15, -0.1) is 0 Å². The van der Waals surface area contributed by atoms with Crippen molar-refractivity contribution in [2.24, 2.45) is 0 Å². The van der Waals surface area contributed by atoms with E-state index in [4.69, 9.17) is 4.42 Å². The Labute approximate surface area is 107 Å². The molecule has 2 aromatic rings. The Hall–Kier alpha value is -1.84. The highest BCUT2D eigenvalue weighted by Crippen LogP contribution is 2.12. The van der Waals surface area contributed by atoms with Crippen LogP contribution >= 0.6 is 0 Å². The third-order valence-corrected chi connectivity index (χ3v) is 3.06. The van der Waals surface area contributed by atoms with Crippen molar-refractivity contribution in [3.8, 4) is 0 Å². The summed E-state index contributed by atoms with van der Waals surface area (Å²) in [5.74, 6) is 1.13. The molecule has 0 saturated heterocycles. The Balaban J connectivity index is 2.05. The van der Waals surface area contributed by atoms with Crippen LogP contribution in [-0.4, -0.2) is 15.6 Å². The fourth-order valence-electron chi connectivity index (χ4n) is 1.74. The summed E-state index contributed by atoms with van der Waals surface area (Å²) in [5.41, 5.74) is 0.786. The van der Waals surface area contributed by atoms with Crippen molar-refractivity contribution in [2.45, 2.75) is 39.7 Å². The maximum atomic E-state index is 11.9. The molecule has 4 heteroatoms. The van der Waals surface area contributed by atoms with Crippen molar-refractivity contribution in [1.82, 2.24) is 9.78 Å². The van der Waals surface area contributed by atoms with Crippen LogP contribution in [0.1, 0.15) is 48.3 Å². The molecule has 96 valence electrons. The summed E-state index contributed by atoms with van der Waals surface area (Å²) >= 11 is 0. The van der Waals surface area contributed by atoms with E-state index in [-0.39, 0.29) is 12.2 Å². The second-order valence-corrected chi connectivity index (χ2v) is 4.55. The average Bonchev–Trinajstić information content (AvgIpc) is 2.97. The van der Waals surface area contributed by atoms with Crippen molar-refractivity contribution < 1.29 is 9.21 Å². The van der Waals surface area contributed by atoms with Gasteiger partial charge in [0, 0.05) is 12.2 Å². The number of ketones is 1. The van der Waals surface area contributed by atoms with Gasteiger partial charge < -0.3 is 4.42 Å². The molecular formula is C14H18N2O2. The van der Waals surface area contributed by atoms with E-state index in [1.54, 1.807) is 12.1 Å². The molecule has 18 heavy (non-hydrogen) atoms. The van der Waals surface area contributed by atoms with Crippen LogP contribution in [0.25, 0.3) is 0 Å². The van der Waals surface area contributed by atoms with Crippen molar-refractivity contribution in [1.29, 1.82) is 0 Å². The molecule has 0 N–H and O–H groups in total. The first kappa shape index (κ1) is 12.6. The molecule has 1 atom stereocenters. The molecule has 2 heterocycles. The minimum atomic E-state index is -0.0301. The van der Waals surface area contributed by atoms with Crippen LogP contribution < -0.4 is 0 Å². The highest BCUT2D eigenvalue weighted by Gasteiger charge is 2.13. The van der Waals surface area contributed by atoms with E-state index in [0.29, 0.717) is 11.8 Å². The molecule has 0 amide bonds. The minimum absolute atomic E-state index is 0.0301. The summed E-state index contributed by atoms with van der Waals surface area (Å²) in [6, 6.07) is 5.76. The van der Waals surface area contributed by atoms with Gasteiger partial charge in [0.2, 0.25) is 5.78 Å². The zero-order chi connectivity index (χ0) is 13.1. The maximum absolute atomic E-state index is 11.9. The first-order valence-corrected chi connectivity index (χ1v) is 6.23. The van der Waals surface area contributed by atoms with Crippen molar-refractivity contribution in [2.75, 3.05) is 0 Å². The summed E-state index contributed by atoms with van der Waals surface area (Å²) in [4.78, 5) is 11.9. The van der Waals surface area contributed by atoms with Crippen LogP contribution in [0.4, 0.5) is 0 Å². The zero-order valence-electron chi connectivity index (χ0n) is 11.0. The van der Waals surface area contributed by atoms with E-state index < -0.39 is 0 Å². The lowest BCUT2D eigenvalue weighted by molar-refractivity contribution is 0.0964. The van der Waals surface area contributed by atoms with Gasteiger partial charge in [0.1, 0.15) is 5.76 Å². The molecule has 0 aromatic carbocycles. The maximum Gasteiger partial charge on any atom is 0.203 e. The molecule has 0 spiro atoms. The lowest BCUT2D eigenvalue weighted by Crippen LogP contribution is -2.07. The number of Topliss-reactive ketones (excluding diaryl/α,β-unsaturated/α-hetero) is 1. The largest absolute Gasteiger partial charge is 0.458 e. The number of aryl methyl sites for hydroxylation is 1. The van der Waals surface area contributed by atoms with E-state index in [0.717, 1.165) is 17.9 Å². The molecule has 4 nitrogen and oxygen atoms in total. The van der Waals surface area contributed by atoms with Gasteiger partial charge in [-0.05, 0) is 38.5 Å². The molecule has 2 aromatic heterocycles. The molecule has 0 aliphatic rings. The highest BCUT2D eigenvalue weighted by atomic mass is 16.3. The highest BCUT2D eigenvalue weighted by molar-refractivity contribution is 5.94. The second kappa shape index (κ2) is 5.21. The number of hydrogen-bond acceptors (Lipinski definition) is 3. The molecule has 0 saturated carbocycles. The number of furan rings is 1. The van der Waals surface area contributed by atoms with E-state index in [1.807, 2.05) is 23.9 Å². The summed E-state index contributed by atoms with van der Waals surface area (Å²) < 4.78 is 7.21. The first-order valence-electron chi connectivity index (χ1n) is 6.23. The Bertz CT molecular complexity index is 539. The van der Waals surface area contributed by atoms with Gasteiger partial charge in [0.15, 0.2) is 5.76 Å². The molecule has 0 bridgehead atoms. The predicted molar refractivity (Wildman–Crippen MR) is 68.7 cm³/mol. The monoisotopic (exact) mass is 246 g/mol. The zero-order valence-corrected chi connectivity index (χ0v) is 11.0. The van der Waals surface area contributed by atoms with E-state index in [1.165, 1.54) is 0 Å².